The Morgan fingerprint density at radius 1 is 0.935 bits per heavy atom. The van der Waals surface area contributed by atoms with E-state index in [2.05, 4.69) is 57.7 Å². The highest BCUT2D eigenvalue weighted by molar-refractivity contribution is 6.42. The van der Waals surface area contributed by atoms with Gasteiger partial charge < -0.3 is 10.6 Å². The van der Waals surface area contributed by atoms with E-state index in [0.29, 0.717) is 53.6 Å². The van der Waals surface area contributed by atoms with Crippen LogP contribution in [0.2, 0.25) is 20.1 Å². The zero-order chi connectivity index (χ0) is 32.6. The third-order valence-electron chi connectivity index (χ3n) is 8.36. The second-order valence-electron chi connectivity index (χ2n) is 12.4. The van der Waals surface area contributed by atoms with Crippen LogP contribution in [0.25, 0.3) is 10.9 Å². The van der Waals surface area contributed by atoms with E-state index in [0.717, 1.165) is 37.2 Å². The third kappa shape index (κ3) is 6.90. The van der Waals surface area contributed by atoms with Crippen LogP contribution in [0.1, 0.15) is 62.5 Å². The van der Waals surface area contributed by atoms with Gasteiger partial charge in [-0.1, -0.05) is 63.7 Å². The lowest BCUT2D eigenvalue weighted by molar-refractivity contribution is 0.0866. The maximum Gasteiger partial charge on any atom is 0.109 e. The minimum Gasteiger partial charge on any atom is -0.371 e. The lowest BCUT2D eigenvalue weighted by atomic mass is 9.98. The van der Waals surface area contributed by atoms with E-state index in [9.17, 15) is 5.26 Å². The van der Waals surface area contributed by atoms with Crippen LogP contribution in [0.4, 0.5) is 17.1 Å². The topological polar surface area (TPSA) is 94.7 Å². The van der Waals surface area contributed by atoms with E-state index < -0.39 is 6.04 Å². The molecule has 12 heteroatoms. The van der Waals surface area contributed by atoms with E-state index in [-0.39, 0.29) is 11.6 Å². The standard InChI is InChI=1S/C34H32Cl4N8/c1-34(2,3)45-12-10-25(11-13-45)46-19-30(43-44-46)32(20-4-6-22(35)7-5-20)42-29-15-23(36)14-26-31(21(17-39)18-40-33(26)29)41-24-8-9-27(37)28(38)16-24/h4-9,14-16,18-19,25,32,42H,10-13H2,1-3H3,(H,40,41)/t32-/m0/s1. The molecule has 236 valence electrons. The van der Waals surface area contributed by atoms with Crippen LogP contribution < -0.4 is 10.6 Å². The fourth-order valence-electron chi connectivity index (χ4n) is 5.86. The smallest absolute Gasteiger partial charge is 0.109 e. The number of nitrogens with zero attached hydrogens (tertiary/aromatic N) is 6. The number of benzene rings is 3. The number of pyridine rings is 1. The lowest BCUT2D eigenvalue weighted by Crippen LogP contribution is -2.46. The Balaban J connectivity index is 1.38. The summed E-state index contributed by atoms with van der Waals surface area (Å²) in [7, 11) is 0. The Kier molecular flexibility index (Phi) is 9.33. The number of hydrogen-bond acceptors (Lipinski definition) is 7. The molecule has 5 aromatic rings. The van der Waals surface area contributed by atoms with Gasteiger partial charge in [-0.05, 0) is 81.6 Å². The molecule has 0 saturated carbocycles. The van der Waals surface area contributed by atoms with Crippen molar-refractivity contribution in [3.05, 3.63) is 104 Å². The monoisotopic (exact) mass is 692 g/mol. The second kappa shape index (κ2) is 13.3. The Bertz CT molecular complexity index is 1920. The first-order valence-corrected chi connectivity index (χ1v) is 16.4. The molecule has 0 aliphatic carbocycles. The first-order valence-electron chi connectivity index (χ1n) is 14.9. The highest BCUT2D eigenvalue weighted by Gasteiger charge is 2.29. The summed E-state index contributed by atoms with van der Waals surface area (Å²) in [5.41, 5.74) is 4.67. The zero-order valence-corrected chi connectivity index (χ0v) is 28.6. The number of anilines is 3. The molecule has 6 rings (SSSR count). The fourth-order valence-corrected chi connectivity index (χ4v) is 6.50. The molecule has 1 aliphatic rings. The quantitative estimate of drug-likeness (QED) is 0.175. The fraction of sp³-hybridized carbons (Fsp3) is 0.294. The van der Waals surface area contributed by atoms with Crippen LogP contribution in [-0.4, -0.2) is 43.5 Å². The molecular formula is C34H32Cl4N8. The molecule has 1 aliphatic heterocycles. The number of nitrogens with one attached hydrogen (secondary N) is 2. The van der Waals surface area contributed by atoms with Crippen LogP contribution in [0.15, 0.2) is 67.0 Å². The van der Waals surface area contributed by atoms with Crippen LogP contribution in [0, 0.1) is 11.3 Å². The van der Waals surface area contributed by atoms with Crippen molar-refractivity contribution in [2.45, 2.75) is 51.2 Å². The van der Waals surface area contributed by atoms with Crippen LogP contribution in [-0.2, 0) is 0 Å². The van der Waals surface area contributed by atoms with Gasteiger partial charge in [0.25, 0.3) is 0 Å². The third-order valence-corrected chi connectivity index (χ3v) is 9.57. The highest BCUT2D eigenvalue weighted by Crippen LogP contribution is 2.38. The van der Waals surface area contributed by atoms with E-state index in [1.807, 2.05) is 41.2 Å². The van der Waals surface area contributed by atoms with Crippen molar-refractivity contribution in [3.8, 4) is 6.07 Å². The van der Waals surface area contributed by atoms with Gasteiger partial charge in [0.2, 0.25) is 0 Å². The van der Waals surface area contributed by atoms with Crippen LogP contribution >= 0.6 is 46.4 Å². The molecule has 0 amide bonds. The molecule has 2 aromatic heterocycles. The largest absolute Gasteiger partial charge is 0.371 e. The summed E-state index contributed by atoms with van der Waals surface area (Å²) in [6.45, 7) is 8.78. The van der Waals surface area contributed by atoms with Crippen molar-refractivity contribution < 1.29 is 0 Å². The number of halogens is 4. The zero-order valence-electron chi connectivity index (χ0n) is 25.5. The summed E-state index contributed by atoms with van der Waals surface area (Å²) < 4.78 is 1.99. The van der Waals surface area contributed by atoms with E-state index in [1.165, 1.54) is 0 Å². The molecule has 1 atom stereocenters. The van der Waals surface area contributed by atoms with Gasteiger partial charge in [-0.25, -0.2) is 4.68 Å². The predicted molar refractivity (Wildman–Crippen MR) is 188 cm³/mol. The molecule has 1 fully saturated rings. The maximum absolute atomic E-state index is 9.97. The van der Waals surface area contributed by atoms with E-state index in [4.69, 9.17) is 46.4 Å². The highest BCUT2D eigenvalue weighted by atomic mass is 35.5. The van der Waals surface area contributed by atoms with Gasteiger partial charge in [0.15, 0.2) is 0 Å². The molecule has 3 aromatic carbocycles. The average Bonchev–Trinajstić information content (AvgIpc) is 3.52. The van der Waals surface area contributed by atoms with Crippen molar-refractivity contribution in [1.82, 2.24) is 24.9 Å². The number of aromatic nitrogens is 4. The van der Waals surface area contributed by atoms with Gasteiger partial charge in [0, 0.05) is 45.9 Å². The lowest BCUT2D eigenvalue weighted by Gasteiger charge is -2.40. The summed E-state index contributed by atoms with van der Waals surface area (Å²) in [6, 6.07) is 18.5. The van der Waals surface area contributed by atoms with Gasteiger partial charge in [0.05, 0.1) is 50.8 Å². The summed E-state index contributed by atoms with van der Waals surface area (Å²) in [5.74, 6) is 0. The minimum atomic E-state index is -0.397. The van der Waals surface area contributed by atoms with E-state index >= 15 is 0 Å². The van der Waals surface area contributed by atoms with Crippen LogP contribution in [0.5, 0.6) is 0 Å². The number of fused-ring (bicyclic) bond motifs is 1. The summed E-state index contributed by atoms with van der Waals surface area (Å²) in [5, 5.41) is 28.7. The minimum absolute atomic E-state index is 0.140. The molecule has 46 heavy (non-hydrogen) atoms. The normalized spacial score (nSPS) is 15.1. The molecular weight excluding hydrogens is 662 g/mol. The Morgan fingerprint density at radius 2 is 1.67 bits per heavy atom. The van der Waals surface area contributed by atoms with Crippen molar-refractivity contribution >= 4 is 74.4 Å². The summed E-state index contributed by atoms with van der Waals surface area (Å²) in [4.78, 5) is 7.20. The SMILES string of the molecule is CC(C)(C)N1CCC(n2cc([C@@H](Nc3cc(Cl)cc4c(Nc5ccc(Cl)c(Cl)c5)c(C#N)cnc34)c3ccc(Cl)cc3)nn2)CC1. The molecule has 3 heterocycles. The number of rotatable bonds is 7. The average molecular weight is 694 g/mol. The van der Waals surface area contributed by atoms with Gasteiger partial charge in [-0.2, -0.15) is 5.26 Å². The van der Waals surface area contributed by atoms with Gasteiger partial charge in [-0.15, -0.1) is 5.10 Å². The summed E-state index contributed by atoms with van der Waals surface area (Å²) >= 11 is 25.4. The number of hydrogen-bond donors (Lipinski definition) is 2. The summed E-state index contributed by atoms with van der Waals surface area (Å²) in [6.07, 6.45) is 5.56. The van der Waals surface area contributed by atoms with Gasteiger partial charge in [-0.3, -0.25) is 9.88 Å². The first-order chi connectivity index (χ1) is 22.0. The van der Waals surface area contributed by atoms with E-state index in [1.54, 1.807) is 30.5 Å². The van der Waals surface area contributed by atoms with Crippen molar-refractivity contribution in [1.29, 1.82) is 5.26 Å². The number of likely N-dealkylation sites (tertiary alicyclic amines) is 1. The van der Waals surface area contributed by atoms with Crippen molar-refractivity contribution in [2.75, 3.05) is 23.7 Å². The van der Waals surface area contributed by atoms with Crippen LogP contribution in [0.3, 0.4) is 0 Å². The van der Waals surface area contributed by atoms with Gasteiger partial charge in [0.1, 0.15) is 11.8 Å². The molecule has 1 saturated heterocycles. The van der Waals surface area contributed by atoms with Gasteiger partial charge >= 0.3 is 0 Å². The molecule has 8 nitrogen and oxygen atoms in total. The van der Waals surface area contributed by atoms with Crippen molar-refractivity contribution in [3.63, 3.8) is 0 Å². The number of piperidine rings is 1. The van der Waals surface area contributed by atoms with Crippen molar-refractivity contribution in [2.24, 2.45) is 0 Å². The Labute approximate surface area is 288 Å². The second-order valence-corrected chi connectivity index (χ2v) is 14.1. The maximum atomic E-state index is 9.97. The molecule has 0 bridgehead atoms. The Hall–Kier alpha value is -3.58. The predicted octanol–water partition coefficient (Wildman–Crippen LogP) is 9.69. The molecule has 2 N–H and O–H groups in total. The Morgan fingerprint density at radius 3 is 2.35 bits per heavy atom. The molecule has 0 unspecified atom stereocenters. The molecule has 0 radical (unpaired) electrons. The number of nitriles is 1. The first kappa shape index (κ1) is 32.4. The molecule has 0 spiro atoms.